The first-order chi connectivity index (χ1) is 11.2. The molecule has 0 saturated carbocycles. The summed E-state index contributed by atoms with van der Waals surface area (Å²) in [5, 5.41) is 2.55. The molecule has 3 N–H and O–H groups in total. The molecule has 0 unspecified atom stereocenters. The summed E-state index contributed by atoms with van der Waals surface area (Å²) >= 11 is 0. The van der Waals surface area contributed by atoms with E-state index in [0.717, 1.165) is 5.56 Å². The molecule has 1 amide bonds. The van der Waals surface area contributed by atoms with Gasteiger partial charge in [-0.1, -0.05) is 42.2 Å². The van der Waals surface area contributed by atoms with Gasteiger partial charge in [0.2, 0.25) is 5.88 Å². The van der Waals surface area contributed by atoms with E-state index < -0.39 is 6.09 Å². The van der Waals surface area contributed by atoms with Crippen LogP contribution in [0.15, 0.2) is 42.6 Å². The Balaban J connectivity index is 1.76. The minimum Gasteiger partial charge on any atom is -0.480 e. The highest BCUT2D eigenvalue weighted by Gasteiger charge is 2.01. The van der Waals surface area contributed by atoms with Crippen LogP contribution in [-0.2, 0) is 11.3 Å². The summed E-state index contributed by atoms with van der Waals surface area (Å²) in [6.45, 7) is 0.387. The second-order valence-electron chi connectivity index (χ2n) is 4.54. The van der Waals surface area contributed by atoms with Gasteiger partial charge >= 0.3 is 6.09 Å². The van der Waals surface area contributed by atoms with E-state index in [0.29, 0.717) is 17.1 Å². The van der Waals surface area contributed by atoms with Gasteiger partial charge in [0.25, 0.3) is 0 Å². The molecule has 1 heterocycles. The van der Waals surface area contributed by atoms with Gasteiger partial charge in [0.1, 0.15) is 6.61 Å². The number of nitrogen functional groups attached to an aromatic ring is 1. The highest BCUT2D eigenvalue weighted by molar-refractivity contribution is 5.67. The number of alkyl carbamates (subject to hydrolysis) is 1. The number of ether oxygens (including phenoxy) is 2. The number of benzene rings is 1. The van der Waals surface area contributed by atoms with E-state index >= 15 is 0 Å². The number of nitrogens with zero attached hydrogens (tertiary/aromatic N) is 1. The Hall–Kier alpha value is -3.20. The molecular weight excluding hydrogens is 294 g/mol. The maximum atomic E-state index is 11.5. The van der Waals surface area contributed by atoms with Crippen molar-refractivity contribution in [1.82, 2.24) is 10.3 Å². The van der Waals surface area contributed by atoms with Gasteiger partial charge in [-0.3, -0.25) is 0 Å². The minimum atomic E-state index is -0.518. The van der Waals surface area contributed by atoms with Gasteiger partial charge in [-0.2, -0.15) is 0 Å². The zero-order chi connectivity index (χ0) is 16.5. The summed E-state index contributed by atoms with van der Waals surface area (Å²) in [7, 11) is 1.50. The fraction of sp³-hybridized carbons (Fsp3) is 0.176. The Labute approximate surface area is 134 Å². The van der Waals surface area contributed by atoms with Crippen LogP contribution < -0.4 is 15.8 Å². The van der Waals surface area contributed by atoms with Gasteiger partial charge in [0.05, 0.1) is 19.3 Å². The second kappa shape index (κ2) is 8.29. The third-order valence-electron chi connectivity index (χ3n) is 2.84. The van der Waals surface area contributed by atoms with Crippen molar-refractivity contribution < 1.29 is 14.3 Å². The largest absolute Gasteiger partial charge is 0.480 e. The van der Waals surface area contributed by atoms with E-state index in [2.05, 4.69) is 22.1 Å². The summed E-state index contributed by atoms with van der Waals surface area (Å²) in [6, 6.07) is 11.1. The Morgan fingerprint density at radius 2 is 2.13 bits per heavy atom. The van der Waals surface area contributed by atoms with Crippen molar-refractivity contribution in [3.63, 3.8) is 0 Å². The first-order valence-electron chi connectivity index (χ1n) is 6.92. The van der Waals surface area contributed by atoms with Gasteiger partial charge in [0.15, 0.2) is 0 Å². The van der Waals surface area contributed by atoms with Crippen molar-refractivity contribution in [1.29, 1.82) is 0 Å². The quantitative estimate of drug-likeness (QED) is 0.843. The minimum absolute atomic E-state index is 0.166. The summed E-state index contributed by atoms with van der Waals surface area (Å²) in [6.07, 6.45) is 1.03. The van der Waals surface area contributed by atoms with Crippen molar-refractivity contribution >= 4 is 11.8 Å². The Morgan fingerprint density at radius 3 is 2.83 bits per heavy atom. The van der Waals surface area contributed by atoms with Crippen LogP contribution in [0.4, 0.5) is 10.5 Å². The molecule has 0 bridgehead atoms. The second-order valence-corrected chi connectivity index (χ2v) is 4.54. The zero-order valence-electron chi connectivity index (χ0n) is 12.7. The molecule has 0 saturated heterocycles. The van der Waals surface area contributed by atoms with E-state index in [4.69, 9.17) is 15.2 Å². The molecule has 0 aliphatic carbocycles. The van der Waals surface area contributed by atoms with Crippen molar-refractivity contribution in [3.8, 4) is 17.7 Å². The van der Waals surface area contributed by atoms with Gasteiger partial charge in [-0.15, -0.1) is 0 Å². The lowest BCUT2D eigenvalue weighted by molar-refractivity contribution is 0.141. The number of carbonyl (C=O) groups excluding carboxylic acids is 1. The fourth-order valence-corrected chi connectivity index (χ4v) is 1.74. The molecule has 0 aliphatic rings. The molecule has 0 spiro atoms. The average molecular weight is 311 g/mol. The Morgan fingerprint density at radius 1 is 1.35 bits per heavy atom. The lowest BCUT2D eigenvalue weighted by atomic mass is 10.2. The number of anilines is 1. The van der Waals surface area contributed by atoms with Gasteiger partial charge in [-0.05, 0) is 11.6 Å². The molecule has 0 radical (unpaired) electrons. The number of nitrogens with one attached hydrogen (secondary N) is 1. The third kappa shape index (κ3) is 5.25. The number of aromatic nitrogens is 1. The van der Waals surface area contributed by atoms with Gasteiger partial charge in [0, 0.05) is 11.8 Å². The normalized spacial score (nSPS) is 9.43. The number of pyridine rings is 1. The van der Waals surface area contributed by atoms with E-state index in [-0.39, 0.29) is 13.2 Å². The van der Waals surface area contributed by atoms with Crippen molar-refractivity contribution in [3.05, 3.63) is 53.7 Å². The lowest BCUT2D eigenvalue weighted by Crippen LogP contribution is -2.24. The first kappa shape index (κ1) is 16.2. The number of carbonyl (C=O) groups is 1. The van der Waals surface area contributed by atoms with Gasteiger partial charge in [-0.25, -0.2) is 9.78 Å². The van der Waals surface area contributed by atoms with Crippen LogP contribution in [0.25, 0.3) is 0 Å². The molecular formula is C17H17N3O3. The number of amides is 1. The van der Waals surface area contributed by atoms with Crippen molar-refractivity contribution in [2.75, 3.05) is 19.4 Å². The molecule has 0 aliphatic heterocycles. The first-order valence-corrected chi connectivity index (χ1v) is 6.92. The molecule has 1 aromatic heterocycles. The van der Waals surface area contributed by atoms with E-state index in [1.54, 1.807) is 12.3 Å². The number of nitrogens with two attached hydrogens (primary N) is 1. The fourth-order valence-electron chi connectivity index (χ4n) is 1.74. The third-order valence-corrected chi connectivity index (χ3v) is 2.84. The Bertz CT molecular complexity index is 721. The molecule has 6 nitrogen and oxygen atoms in total. The predicted octanol–water partition coefficient (Wildman–Crippen LogP) is 1.95. The summed E-state index contributed by atoms with van der Waals surface area (Å²) in [5.74, 6) is 6.00. The topological polar surface area (TPSA) is 86.5 Å². The van der Waals surface area contributed by atoms with Crippen LogP contribution in [-0.4, -0.2) is 24.7 Å². The van der Waals surface area contributed by atoms with Crippen LogP contribution >= 0.6 is 0 Å². The molecule has 0 atom stereocenters. The number of methoxy groups -OCH3 is 1. The summed E-state index contributed by atoms with van der Waals surface area (Å²) < 4.78 is 10.0. The van der Waals surface area contributed by atoms with E-state index in [1.165, 1.54) is 7.11 Å². The van der Waals surface area contributed by atoms with Crippen LogP contribution in [0.3, 0.4) is 0 Å². The molecule has 6 heteroatoms. The Kier molecular flexibility index (Phi) is 5.83. The molecule has 2 rings (SSSR count). The van der Waals surface area contributed by atoms with Crippen LogP contribution in [0.5, 0.6) is 5.88 Å². The summed E-state index contributed by atoms with van der Waals surface area (Å²) in [5.41, 5.74) is 7.71. The van der Waals surface area contributed by atoms with Crippen LogP contribution in [0.1, 0.15) is 11.1 Å². The van der Waals surface area contributed by atoms with Crippen LogP contribution in [0, 0.1) is 11.8 Å². The highest BCUT2D eigenvalue weighted by atomic mass is 16.5. The smallest absolute Gasteiger partial charge is 0.408 e. The zero-order valence-corrected chi connectivity index (χ0v) is 12.7. The van der Waals surface area contributed by atoms with Crippen molar-refractivity contribution in [2.45, 2.75) is 6.61 Å². The maximum Gasteiger partial charge on any atom is 0.408 e. The average Bonchev–Trinajstić information content (AvgIpc) is 2.58. The monoisotopic (exact) mass is 311 g/mol. The number of hydrogen-bond donors (Lipinski definition) is 2. The predicted molar refractivity (Wildman–Crippen MR) is 86.7 cm³/mol. The molecule has 1 aromatic carbocycles. The number of rotatable bonds is 4. The molecule has 118 valence electrons. The molecule has 23 heavy (non-hydrogen) atoms. The SMILES string of the molecule is COc1ncc(C#CCNC(=O)OCc2ccccc2)cc1N. The molecule has 2 aromatic rings. The van der Waals surface area contributed by atoms with Gasteiger partial charge < -0.3 is 20.5 Å². The summed E-state index contributed by atoms with van der Waals surface area (Å²) in [4.78, 5) is 15.5. The van der Waals surface area contributed by atoms with E-state index in [1.807, 2.05) is 30.3 Å². The highest BCUT2D eigenvalue weighted by Crippen LogP contribution is 2.17. The van der Waals surface area contributed by atoms with Crippen molar-refractivity contribution in [2.24, 2.45) is 0 Å². The maximum absolute atomic E-state index is 11.5. The lowest BCUT2D eigenvalue weighted by Gasteiger charge is -2.04. The van der Waals surface area contributed by atoms with Crippen LogP contribution in [0.2, 0.25) is 0 Å². The number of hydrogen-bond acceptors (Lipinski definition) is 5. The van der Waals surface area contributed by atoms with E-state index in [9.17, 15) is 4.79 Å². The molecule has 0 fully saturated rings. The standard InChI is InChI=1S/C17H17N3O3/c1-22-16-15(18)10-14(11-20-16)8-5-9-19-17(21)23-12-13-6-3-2-4-7-13/h2-4,6-7,10-11H,9,12,18H2,1H3,(H,19,21).